The predicted octanol–water partition coefficient (Wildman–Crippen LogP) is 6.08. The Hall–Kier alpha value is -4.10. The summed E-state index contributed by atoms with van der Waals surface area (Å²) in [4.78, 5) is 37.2. The molecule has 2 aromatic heterocycles. The van der Waals surface area contributed by atoms with Crippen LogP contribution in [0.4, 0.5) is 5.13 Å². The molecule has 2 heterocycles. The number of aryl methyl sites for hydroxylation is 3. The van der Waals surface area contributed by atoms with Crippen molar-refractivity contribution in [2.24, 2.45) is 0 Å². The molecule has 5 aromatic rings. The van der Waals surface area contributed by atoms with Crippen LogP contribution in [0.15, 0.2) is 85.5 Å². The maximum Gasteiger partial charge on any atom is 0.260 e. The Morgan fingerprint density at radius 1 is 0.917 bits per heavy atom. The zero-order valence-corrected chi connectivity index (χ0v) is 21.0. The van der Waals surface area contributed by atoms with Gasteiger partial charge in [0.2, 0.25) is 0 Å². The van der Waals surface area contributed by atoms with Crippen LogP contribution in [-0.4, -0.2) is 32.8 Å². The normalized spacial score (nSPS) is 11.1. The summed E-state index contributed by atoms with van der Waals surface area (Å²) in [5.74, 6) is -0.198. The fourth-order valence-electron chi connectivity index (χ4n) is 4.12. The first-order chi connectivity index (χ1) is 17.5. The van der Waals surface area contributed by atoms with Crippen molar-refractivity contribution in [3.8, 4) is 0 Å². The molecule has 0 atom stereocenters. The van der Waals surface area contributed by atoms with Crippen LogP contribution < -0.4 is 4.90 Å². The first-order valence-corrected chi connectivity index (χ1v) is 12.7. The second-order valence-corrected chi connectivity index (χ2v) is 9.74. The van der Waals surface area contributed by atoms with Crippen molar-refractivity contribution in [3.05, 3.63) is 113 Å². The van der Waals surface area contributed by atoms with Gasteiger partial charge < -0.3 is 4.57 Å². The minimum absolute atomic E-state index is 0.0659. The Kier molecular flexibility index (Phi) is 6.73. The molecule has 0 radical (unpaired) electrons. The number of carbonyl (C=O) groups is 2. The van der Waals surface area contributed by atoms with E-state index in [0.29, 0.717) is 28.4 Å². The minimum atomic E-state index is -0.132. The van der Waals surface area contributed by atoms with Gasteiger partial charge in [0.05, 0.1) is 16.5 Å². The number of benzene rings is 3. The highest BCUT2D eigenvalue weighted by Crippen LogP contribution is 2.33. The van der Waals surface area contributed by atoms with E-state index in [2.05, 4.69) is 31.0 Å². The second-order valence-electron chi connectivity index (χ2n) is 8.73. The van der Waals surface area contributed by atoms with Gasteiger partial charge in [0.1, 0.15) is 0 Å². The van der Waals surface area contributed by atoms with Gasteiger partial charge in [0.15, 0.2) is 10.9 Å². The van der Waals surface area contributed by atoms with Gasteiger partial charge in [0.25, 0.3) is 5.91 Å². The molecule has 7 heteroatoms. The van der Waals surface area contributed by atoms with E-state index in [1.54, 1.807) is 53.8 Å². The lowest BCUT2D eigenvalue weighted by atomic mass is 10.0. The Morgan fingerprint density at radius 2 is 1.64 bits per heavy atom. The van der Waals surface area contributed by atoms with Crippen LogP contribution in [0.25, 0.3) is 10.2 Å². The zero-order valence-electron chi connectivity index (χ0n) is 20.2. The predicted molar refractivity (Wildman–Crippen MR) is 144 cm³/mol. The number of hydrogen-bond donors (Lipinski definition) is 0. The standard InChI is InChI=1S/C29H26N4O2S/c1-20-9-14-25-26(21(20)2)31-29(36-25)33(17-6-16-32-18-15-30-19-32)28(35)24-12-10-23(11-13-24)27(34)22-7-4-3-5-8-22/h3-5,7-15,18-19H,6,16-17H2,1-2H3. The third-order valence-corrected chi connectivity index (χ3v) is 7.38. The van der Waals surface area contributed by atoms with E-state index in [1.165, 1.54) is 16.9 Å². The van der Waals surface area contributed by atoms with Crippen molar-refractivity contribution in [1.82, 2.24) is 14.5 Å². The smallest absolute Gasteiger partial charge is 0.260 e. The quantitative estimate of drug-likeness (QED) is 0.245. The summed E-state index contributed by atoms with van der Waals surface area (Å²) in [6.07, 6.45) is 6.19. The van der Waals surface area contributed by atoms with Crippen molar-refractivity contribution >= 4 is 38.4 Å². The average molecular weight is 495 g/mol. The zero-order chi connectivity index (χ0) is 25.1. The average Bonchev–Trinajstić information content (AvgIpc) is 3.59. The number of ketones is 1. The summed E-state index contributed by atoms with van der Waals surface area (Å²) in [7, 11) is 0. The van der Waals surface area contributed by atoms with Crippen LogP contribution in [-0.2, 0) is 6.54 Å². The number of rotatable bonds is 8. The summed E-state index contributed by atoms with van der Waals surface area (Å²) < 4.78 is 3.06. The molecule has 6 nitrogen and oxygen atoms in total. The van der Waals surface area contributed by atoms with Gasteiger partial charge in [-0.25, -0.2) is 9.97 Å². The second kappa shape index (κ2) is 10.3. The number of thiazole rings is 1. The van der Waals surface area contributed by atoms with Gasteiger partial charge >= 0.3 is 0 Å². The van der Waals surface area contributed by atoms with Crippen LogP contribution in [0.3, 0.4) is 0 Å². The SMILES string of the molecule is Cc1ccc2sc(N(CCCn3ccnc3)C(=O)c3ccc(C(=O)c4ccccc4)cc3)nc2c1C. The molecule has 0 bridgehead atoms. The van der Waals surface area contributed by atoms with E-state index in [9.17, 15) is 9.59 Å². The molecule has 5 rings (SSSR count). The van der Waals surface area contributed by atoms with Crippen molar-refractivity contribution < 1.29 is 9.59 Å². The fraction of sp³-hybridized carbons (Fsp3) is 0.172. The van der Waals surface area contributed by atoms with Crippen molar-refractivity contribution in [2.45, 2.75) is 26.8 Å². The van der Waals surface area contributed by atoms with Gasteiger partial charge in [-0.3, -0.25) is 14.5 Å². The Morgan fingerprint density at radius 3 is 2.36 bits per heavy atom. The van der Waals surface area contributed by atoms with Gasteiger partial charge in [0, 0.05) is 42.2 Å². The van der Waals surface area contributed by atoms with Crippen LogP contribution in [0.2, 0.25) is 0 Å². The van der Waals surface area contributed by atoms with Crippen LogP contribution >= 0.6 is 11.3 Å². The van der Waals surface area contributed by atoms with Gasteiger partial charge in [-0.1, -0.05) is 59.9 Å². The first-order valence-electron chi connectivity index (χ1n) is 11.9. The molecule has 0 unspecified atom stereocenters. The number of amides is 1. The molecule has 0 fully saturated rings. The third-order valence-electron chi connectivity index (χ3n) is 6.34. The molecular weight excluding hydrogens is 468 g/mol. The van der Waals surface area contributed by atoms with Crippen LogP contribution in [0.1, 0.15) is 43.8 Å². The van der Waals surface area contributed by atoms with E-state index in [1.807, 2.05) is 29.0 Å². The maximum atomic E-state index is 13.7. The molecule has 0 aliphatic carbocycles. The molecule has 3 aromatic carbocycles. The molecule has 0 spiro atoms. The van der Waals surface area contributed by atoms with E-state index < -0.39 is 0 Å². The Bertz CT molecular complexity index is 1510. The van der Waals surface area contributed by atoms with E-state index >= 15 is 0 Å². The molecule has 0 N–H and O–H groups in total. The molecule has 0 aliphatic heterocycles. The molecule has 0 aliphatic rings. The lowest BCUT2D eigenvalue weighted by Gasteiger charge is -2.20. The highest BCUT2D eigenvalue weighted by atomic mass is 32.1. The lowest BCUT2D eigenvalue weighted by Crippen LogP contribution is -2.32. The van der Waals surface area contributed by atoms with Gasteiger partial charge in [-0.2, -0.15) is 0 Å². The summed E-state index contributed by atoms with van der Waals surface area (Å²) in [5, 5.41) is 0.679. The number of imidazole rings is 1. The number of nitrogens with zero attached hydrogens (tertiary/aromatic N) is 4. The van der Waals surface area contributed by atoms with Gasteiger partial charge in [-0.05, 0) is 49.6 Å². The molecular formula is C29H26N4O2S. The third kappa shape index (κ3) is 4.83. The Balaban J connectivity index is 1.42. The monoisotopic (exact) mass is 494 g/mol. The van der Waals surface area contributed by atoms with Crippen molar-refractivity contribution in [2.75, 3.05) is 11.4 Å². The van der Waals surface area contributed by atoms with E-state index in [4.69, 9.17) is 4.98 Å². The largest absolute Gasteiger partial charge is 0.337 e. The first kappa shape index (κ1) is 23.6. The molecule has 36 heavy (non-hydrogen) atoms. The van der Waals surface area contributed by atoms with E-state index in [0.717, 1.165) is 28.7 Å². The lowest BCUT2D eigenvalue weighted by molar-refractivity contribution is 0.0984. The summed E-state index contributed by atoms with van der Waals surface area (Å²) in [6.45, 7) is 5.39. The van der Waals surface area contributed by atoms with Gasteiger partial charge in [-0.15, -0.1) is 0 Å². The number of aromatic nitrogens is 3. The van der Waals surface area contributed by atoms with Crippen molar-refractivity contribution in [1.29, 1.82) is 0 Å². The number of hydrogen-bond acceptors (Lipinski definition) is 5. The molecule has 0 saturated carbocycles. The maximum absolute atomic E-state index is 13.7. The number of fused-ring (bicyclic) bond motifs is 1. The molecule has 0 saturated heterocycles. The van der Waals surface area contributed by atoms with Crippen LogP contribution in [0.5, 0.6) is 0 Å². The summed E-state index contributed by atoms with van der Waals surface area (Å²) >= 11 is 1.53. The highest BCUT2D eigenvalue weighted by molar-refractivity contribution is 7.22. The molecule has 1 amide bonds. The van der Waals surface area contributed by atoms with Crippen LogP contribution in [0, 0.1) is 13.8 Å². The highest BCUT2D eigenvalue weighted by Gasteiger charge is 2.22. The van der Waals surface area contributed by atoms with E-state index in [-0.39, 0.29) is 11.7 Å². The topological polar surface area (TPSA) is 68.1 Å². The Labute approximate surface area is 213 Å². The number of anilines is 1. The summed E-state index contributed by atoms with van der Waals surface area (Å²) in [5.41, 5.74) is 4.94. The summed E-state index contributed by atoms with van der Waals surface area (Å²) in [6, 6.07) is 20.2. The minimum Gasteiger partial charge on any atom is -0.337 e. The van der Waals surface area contributed by atoms with Crippen molar-refractivity contribution in [3.63, 3.8) is 0 Å². The molecule has 180 valence electrons. The number of carbonyl (C=O) groups excluding carboxylic acids is 2. The fourth-order valence-corrected chi connectivity index (χ4v) is 5.17.